The Balaban J connectivity index is 1.52. The lowest BCUT2D eigenvalue weighted by atomic mass is 10.0. The maximum absolute atomic E-state index is 12.6. The second-order valence-corrected chi connectivity index (χ2v) is 6.21. The number of hydrogen-bond donors (Lipinski definition) is 1. The van der Waals surface area contributed by atoms with Gasteiger partial charge < -0.3 is 5.32 Å². The van der Waals surface area contributed by atoms with Crippen LogP contribution in [0.1, 0.15) is 34.8 Å². The Kier molecular flexibility index (Phi) is 3.87. The van der Waals surface area contributed by atoms with Gasteiger partial charge in [-0.1, -0.05) is 48.5 Å². The van der Waals surface area contributed by atoms with Crippen molar-refractivity contribution in [2.45, 2.75) is 18.9 Å². The van der Waals surface area contributed by atoms with Crippen molar-refractivity contribution in [2.75, 3.05) is 0 Å². The van der Waals surface area contributed by atoms with E-state index in [0.717, 1.165) is 5.69 Å². The van der Waals surface area contributed by atoms with Crippen LogP contribution >= 0.6 is 0 Å². The van der Waals surface area contributed by atoms with Gasteiger partial charge in [0.25, 0.3) is 5.91 Å². The van der Waals surface area contributed by atoms with Crippen LogP contribution in [-0.2, 0) is 0 Å². The average Bonchev–Trinajstić information content (AvgIpc) is 3.36. The molecule has 1 N–H and O–H groups in total. The summed E-state index contributed by atoms with van der Waals surface area (Å²) in [4.78, 5) is 12.6. The van der Waals surface area contributed by atoms with Crippen molar-refractivity contribution in [1.29, 1.82) is 0 Å². The number of hydrogen-bond acceptors (Lipinski definition) is 2. The molecule has 24 heavy (non-hydrogen) atoms. The molecule has 1 aromatic heterocycles. The van der Waals surface area contributed by atoms with Gasteiger partial charge in [0, 0.05) is 6.20 Å². The minimum atomic E-state index is -0.0714. The first-order valence-electron chi connectivity index (χ1n) is 8.27. The molecule has 1 aliphatic rings. The third kappa shape index (κ3) is 3.08. The molecule has 1 heterocycles. The Labute approximate surface area is 141 Å². The molecular formula is C20H19N3O. The predicted molar refractivity (Wildman–Crippen MR) is 92.9 cm³/mol. The van der Waals surface area contributed by atoms with Crippen LogP contribution in [0.4, 0.5) is 0 Å². The molecule has 1 saturated carbocycles. The zero-order valence-corrected chi connectivity index (χ0v) is 13.3. The highest BCUT2D eigenvalue weighted by molar-refractivity contribution is 5.94. The fourth-order valence-electron chi connectivity index (χ4n) is 2.95. The maximum atomic E-state index is 12.6. The summed E-state index contributed by atoms with van der Waals surface area (Å²) >= 11 is 0. The van der Waals surface area contributed by atoms with Gasteiger partial charge >= 0.3 is 0 Å². The first-order chi connectivity index (χ1) is 11.8. The normalized spacial score (nSPS) is 15.0. The SMILES string of the molecule is O=C(N[C@@H](c1ccccc1)C1CC1)c1cnn(-c2ccccc2)c1. The van der Waals surface area contributed by atoms with Gasteiger partial charge in [0.1, 0.15) is 0 Å². The van der Waals surface area contributed by atoms with E-state index in [4.69, 9.17) is 0 Å². The molecule has 3 aromatic rings. The van der Waals surface area contributed by atoms with Gasteiger partial charge in [-0.2, -0.15) is 5.10 Å². The summed E-state index contributed by atoms with van der Waals surface area (Å²) in [7, 11) is 0. The molecule has 4 heteroatoms. The lowest BCUT2D eigenvalue weighted by Crippen LogP contribution is -2.29. The summed E-state index contributed by atoms with van der Waals surface area (Å²) in [5.41, 5.74) is 2.70. The van der Waals surface area contributed by atoms with E-state index in [9.17, 15) is 4.79 Å². The van der Waals surface area contributed by atoms with E-state index in [2.05, 4.69) is 22.5 Å². The summed E-state index contributed by atoms with van der Waals surface area (Å²) in [6.07, 6.45) is 5.74. The van der Waals surface area contributed by atoms with Crippen molar-refractivity contribution in [3.63, 3.8) is 0 Å². The number of rotatable bonds is 5. The Morgan fingerprint density at radius 3 is 2.38 bits per heavy atom. The first kappa shape index (κ1) is 14.7. The van der Waals surface area contributed by atoms with Crippen LogP contribution in [0.2, 0.25) is 0 Å². The topological polar surface area (TPSA) is 46.9 Å². The van der Waals surface area contributed by atoms with Gasteiger partial charge in [0.15, 0.2) is 0 Å². The molecule has 2 aromatic carbocycles. The number of nitrogens with one attached hydrogen (secondary N) is 1. The average molecular weight is 317 g/mol. The number of para-hydroxylation sites is 1. The number of benzene rings is 2. The van der Waals surface area contributed by atoms with E-state index in [1.165, 1.54) is 18.4 Å². The summed E-state index contributed by atoms with van der Waals surface area (Å²) in [6, 6.07) is 20.1. The number of aromatic nitrogens is 2. The highest BCUT2D eigenvalue weighted by Crippen LogP contribution is 2.41. The van der Waals surface area contributed by atoms with Crippen molar-refractivity contribution in [3.05, 3.63) is 84.2 Å². The van der Waals surface area contributed by atoms with Crippen LogP contribution in [0, 0.1) is 5.92 Å². The van der Waals surface area contributed by atoms with Crippen molar-refractivity contribution in [1.82, 2.24) is 15.1 Å². The van der Waals surface area contributed by atoms with Crippen LogP contribution in [-0.4, -0.2) is 15.7 Å². The summed E-state index contributed by atoms with van der Waals surface area (Å²) < 4.78 is 1.73. The third-order valence-corrected chi connectivity index (χ3v) is 4.40. The number of amides is 1. The largest absolute Gasteiger partial charge is 0.345 e. The Morgan fingerprint density at radius 2 is 1.71 bits per heavy atom. The van der Waals surface area contributed by atoms with Gasteiger partial charge in [0.2, 0.25) is 0 Å². The Bertz CT molecular complexity index is 822. The Hall–Kier alpha value is -2.88. The molecule has 0 unspecified atom stereocenters. The highest BCUT2D eigenvalue weighted by atomic mass is 16.1. The lowest BCUT2D eigenvalue weighted by molar-refractivity contribution is 0.0931. The van der Waals surface area contributed by atoms with Crippen molar-refractivity contribution in [2.24, 2.45) is 5.92 Å². The molecule has 0 spiro atoms. The fraction of sp³-hybridized carbons (Fsp3) is 0.200. The van der Waals surface area contributed by atoms with Crippen LogP contribution in [0.5, 0.6) is 0 Å². The van der Waals surface area contributed by atoms with E-state index < -0.39 is 0 Å². The Morgan fingerprint density at radius 1 is 1.04 bits per heavy atom. The van der Waals surface area contributed by atoms with Crippen molar-refractivity contribution >= 4 is 5.91 Å². The predicted octanol–water partition coefficient (Wildman–Crippen LogP) is 3.75. The number of nitrogens with zero attached hydrogens (tertiary/aromatic N) is 2. The third-order valence-electron chi connectivity index (χ3n) is 4.40. The molecular weight excluding hydrogens is 298 g/mol. The molecule has 120 valence electrons. The number of carbonyl (C=O) groups is 1. The standard InChI is InChI=1S/C20H19N3O/c24-20(17-13-21-23(14-17)18-9-5-2-6-10-18)22-19(16-11-12-16)15-7-3-1-4-8-15/h1-10,13-14,16,19H,11-12H2,(H,22,24)/t19-/m0/s1. The molecule has 1 atom stereocenters. The van der Waals surface area contributed by atoms with Crippen molar-refractivity contribution < 1.29 is 4.79 Å². The second-order valence-electron chi connectivity index (χ2n) is 6.21. The monoisotopic (exact) mass is 317 g/mol. The van der Waals surface area contributed by atoms with Gasteiger partial charge in [-0.05, 0) is 36.5 Å². The zero-order valence-electron chi connectivity index (χ0n) is 13.3. The van der Waals surface area contributed by atoms with Gasteiger partial charge in [-0.3, -0.25) is 4.79 Å². The molecule has 1 aliphatic carbocycles. The smallest absolute Gasteiger partial charge is 0.254 e. The fourth-order valence-corrected chi connectivity index (χ4v) is 2.95. The molecule has 1 amide bonds. The minimum Gasteiger partial charge on any atom is -0.345 e. The van der Waals surface area contributed by atoms with E-state index in [1.807, 2.05) is 48.5 Å². The van der Waals surface area contributed by atoms with E-state index >= 15 is 0 Å². The molecule has 4 nitrogen and oxygen atoms in total. The van der Waals surface area contributed by atoms with E-state index in [-0.39, 0.29) is 11.9 Å². The van der Waals surface area contributed by atoms with Crippen LogP contribution in [0.15, 0.2) is 73.1 Å². The summed E-state index contributed by atoms with van der Waals surface area (Å²) in [5.74, 6) is 0.471. The van der Waals surface area contributed by atoms with Crippen LogP contribution in [0.25, 0.3) is 5.69 Å². The molecule has 1 fully saturated rings. The van der Waals surface area contributed by atoms with E-state index in [0.29, 0.717) is 11.5 Å². The highest BCUT2D eigenvalue weighted by Gasteiger charge is 2.33. The van der Waals surface area contributed by atoms with Gasteiger partial charge in [0.05, 0.1) is 23.5 Å². The minimum absolute atomic E-state index is 0.0714. The number of carbonyl (C=O) groups excluding carboxylic acids is 1. The molecule has 0 saturated heterocycles. The van der Waals surface area contributed by atoms with Gasteiger partial charge in [-0.25, -0.2) is 4.68 Å². The molecule has 0 bridgehead atoms. The lowest BCUT2D eigenvalue weighted by Gasteiger charge is -2.18. The first-order valence-corrected chi connectivity index (χ1v) is 8.27. The maximum Gasteiger partial charge on any atom is 0.254 e. The molecule has 4 rings (SSSR count). The quantitative estimate of drug-likeness (QED) is 0.779. The second kappa shape index (κ2) is 6.32. The van der Waals surface area contributed by atoms with E-state index in [1.54, 1.807) is 17.1 Å². The van der Waals surface area contributed by atoms with Crippen LogP contribution in [0.3, 0.4) is 0 Å². The molecule has 0 radical (unpaired) electrons. The van der Waals surface area contributed by atoms with Crippen molar-refractivity contribution in [3.8, 4) is 5.69 Å². The van der Waals surface area contributed by atoms with Crippen LogP contribution < -0.4 is 5.32 Å². The summed E-state index contributed by atoms with van der Waals surface area (Å²) in [6.45, 7) is 0. The molecule has 0 aliphatic heterocycles. The zero-order chi connectivity index (χ0) is 16.4. The van der Waals surface area contributed by atoms with Gasteiger partial charge in [-0.15, -0.1) is 0 Å². The summed E-state index contributed by atoms with van der Waals surface area (Å²) in [5, 5.41) is 7.49.